The average Bonchev–Trinajstić information content (AvgIpc) is 2.30. The molecule has 0 atom stereocenters. The highest BCUT2D eigenvalue weighted by Gasteiger charge is 2.20. The summed E-state index contributed by atoms with van der Waals surface area (Å²) in [7, 11) is 0. The lowest BCUT2D eigenvalue weighted by Crippen LogP contribution is -2.12. The van der Waals surface area contributed by atoms with Crippen LogP contribution in [-0.4, -0.2) is 5.38 Å². The van der Waals surface area contributed by atoms with Gasteiger partial charge in [0.15, 0.2) is 0 Å². The number of nitrogens with two attached hydrogens (primary N) is 1. The minimum absolute atomic E-state index is 0.407. The van der Waals surface area contributed by atoms with E-state index in [9.17, 15) is 0 Å². The topological polar surface area (TPSA) is 26.0 Å². The molecule has 0 heterocycles. The molecule has 1 fully saturated rings. The van der Waals surface area contributed by atoms with Gasteiger partial charge < -0.3 is 5.73 Å². The smallest absolute Gasteiger partial charge is 0.0336 e. The van der Waals surface area contributed by atoms with Gasteiger partial charge in [0.05, 0.1) is 0 Å². The van der Waals surface area contributed by atoms with E-state index in [1.807, 2.05) is 0 Å². The Hall–Kier alpha value is -0.530. The van der Waals surface area contributed by atoms with Gasteiger partial charge in [-0.2, -0.15) is 0 Å². The van der Waals surface area contributed by atoms with Crippen molar-refractivity contribution in [3.8, 4) is 0 Å². The highest BCUT2D eigenvalue weighted by molar-refractivity contribution is 6.20. The number of benzene rings is 1. The van der Waals surface area contributed by atoms with E-state index in [2.05, 4.69) is 24.3 Å². The van der Waals surface area contributed by atoms with Crippen molar-refractivity contribution in [1.29, 1.82) is 0 Å². The summed E-state index contributed by atoms with van der Waals surface area (Å²) < 4.78 is 0. The van der Waals surface area contributed by atoms with Gasteiger partial charge in [-0.25, -0.2) is 0 Å². The zero-order valence-corrected chi connectivity index (χ0v) is 9.71. The van der Waals surface area contributed by atoms with Crippen molar-refractivity contribution in [1.82, 2.24) is 0 Å². The van der Waals surface area contributed by atoms with Gasteiger partial charge in [0, 0.05) is 11.9 Å². The second-order valence-electron chi connectivity index (χ2n) is 4.39. The van der Waals surface area contributed by atoms with E-state index in [1.54, 1.807) is 0 Å². The minimum Gasteiger partial charge on any atom is -0.326 e. The fourth-order valence-electron chi connectivity index (χ4n) is 2.31. The van der Waals surface area contributed by atoms with Gasteiger partial charge in [-0.3, -0.25) is 0 Å². The third-order valence-electron chi connectivity index (χ3n) is 3.34. The highest BCUT2D eigenvalue weighted by atomic mass is 35.5. The summed E-state index contributed by atoms with van der Waals surface area (Å²) in [5.74, 6) is 0.715. The summed E-state index contributed by atoms with van der Waals surface area (Å²) >= 11 is 6.10. The SMILES string of the molecule is NCc1ccc(C2CCC(Cl)CC2)cc1. The maximum atomic E-state index is 6.10. The van der Waals surface area contributed by atoms with Gasteiger partial charge in [-0.05, 0) is 42.7 Å². The van der Waals surface area contributed by atoms with Crippen molar-refractivity contribution < 1.29 is 0 Å². The lowest BCUT2D eigenvalue weighted by atomic mass is 9.83. The van der Waals surface area contributed by atoms with Crippen molar-refractivity contribution >= 4 is 11.6 Å². The second kappa shape index (κ2) is 5.00. The van der Waals surface area contributed by atoms with Crippen molar-refractivity contribution in [3.63, 3.8) is 0 Å². The molecule has 0 aromatic heterocycles. The molecule has 1 nitrogen and oxygen atoms in total. The van der Waals surface area contributed by atoms with Crippen LogP contribution in [-0.2, 0) is 6.54 Å². The normalized spacial score (nSPS) is 26.5. The molecule has 2 N–H and O–H groups in total. The van der Waals surface area contributed by atoms with E-state index >= 15 is 0 Å². The fraction of sp³-hybridized carbons (Fsp3) is 0.538. The molecule has 0 saturated heterocycles. The molecule has 1 aliphatic carbocycles. The predicted molar refractivity (Wildman–Crippen MR) is 65.2 cm³/mol. The third kappa shape index (κ3) is 2.73. The van der Waals surface area contributed by atoms with Gasteiger partial charge in [-0.1, -0.05) is 24.3 Å². The Morgan fingerprint density at radius 3 is 2.20 bits per heavy atom. The number of rotatable bonds is 2. The molecule has 1 saturated carbocycles. The molecule has 0 unspecified atom stereocenters. The van der Waals surface area contributed by atoms with Crippen molar-refractivity contribution in [2.24, 2.45) is 5.73 Å². The largest absolute Gasteiger partial charge is 0.326 e. The van der Waals surface area contributed by atoms with E-state index < -0.39 is 0 Å². The molecule has 1 aromatic carbocycles. The van der Waals surface area contributed by atoms with E-state index in [0.29, 0.717) is 17.8 Å². The Morgan fingerprint density at radius 1 is 1.07 bits per heavy atom. The summed E-state index contributed by atoms with van der Waals surface area (Å²) in [5.41, 5.74) is 8.25. The summed E-state index contributed by atoms with van der Waals surface area (Å²) in [4.78, 5) is 0. The van der Waals surface area contributed by atoms with Crippen LogP contribution in [0.3, 0.4) is 0 Å². The first-order chi connectivity index (χ1) is 7.29. The van der Waals surface area contributed by atoms with Crippen LogP contribution in [0, 0.1) is 0 Å². The zero-order chi connectivity index (χ0) is 10.7. The molecule has 0 spiro atoms. The molecule has 0 amide bonds. The van der Waals surface area contributed by atoms with Crippen LogP contribution < -0.4 is 5.73 Å². The van der Waals surface area contributed by atoms with Crippen LogP contribution in [0.5, 0.6) is 0 Å². The Bertz CT molecular complexity index is 299. The standard InChI is InChI=1S/C13H18ClN/c14-13-7-5-12(6-8-13)11-3-1-10(9-15)2-4-11/h1-4,12-13H,5-9,15H2. The Balaban J connectivity index is 2.03. The van der Waals surface area contributed by atoms with E-state index in [-0.39, 0.29) is 0 Å². The highest BCUT2D eigenvalue weighted by Crippen LogP contribution is 2.34. The second-order valence-corrected chi connectivity index (χ2v) is 5.01. The molecule has 82 valence electrons. The van der Waals surface area contributed by atoms with Crippen molar-refractivity contribution in [2.45, 2.75) is 43.5 Å². The summed E-state index contributed by atoms with van der Waals surface area (Å²) in [5, 5.41) is 0.407. The van der Waals surface area contributed by atoms with Crippen LogP contribution in [0.25, 0.3) is 0 Å². The number of halogens is 1. The van der Waals surface area contributed by atoms with Gasteiger partial charge >= 0.3 is 0 Å². The van der Waals surface area contributed by atoms with Crippen molar-refractivity contribution in [3.05, 3.63) is 35.4 Å². The maximum absolute atomic E-state index is 6.10. The quantitative estimate of drug-likeness (QED) is 0.765. The molecule has 2 rings (SSSR count). The molecule has 15 heavy (non-hydrogen) atoms. The van der Waals surface area contributed by atoms with Crippen LogP contribution in [0.15, 0.2) is 24.3 Å². The lowest BCUT2D eigenvalue weighted by molar-refractivity contribution is 0.449. The summed E-state index contributed by atoms with van der Waals surface area (Å²) in [6.45, 7) is 0.634. The maximum Gasteiger partial charge on any atom is 0.0336 e. The fourth-order valence-corrected chi connectivity index (χ4v) is 2.56. The summed E-state index contributed by atoms with van der Waals surface area (Å²) in [6, 6.07) is 8.73. The molecule has 1 aliphatic rings. The van der Waals surface area contributed by atoms with Gasteiger partial charge in [0.1, 0.15) is 0 Å². The van der Waals surface area contributed by atoms with Crippen LogP contribution in [0.2, 0.25) is 0 Å². The Morgan fingerprint density at radius 2 is 1.67 bits per heavy atom. The lowest BCUT2D eigenvalue weighted by Gasteiger charge is -2.25. The zero-order valence-electron chi connectivity index (χ0n) is 8.95. The van der Waals surface area contributed by atoms with E-state index in [4.69, 9.17) is 17.3 Å². The molecular weight excluding hydrogens is 206 g/mol. The monoisotopic (exact) mass is 223 g/mol. The predicted octanol–water partition coefficient (Wildman–Crippen LogP) is 3.41. The van der Waals surface area contributed by atoms with Crippen LogP contribution in [0.4, 0.5) is 0 Å². The van der Waals surface area contributed by atoms with Crippen molar-refractivity contribution in [2.75, 3.05) is 0 Å². The van der Waals surface area contributed by atoms with E-state index in [0.717, 1.165) is 12.8 Å². The van der Waals surface area contributed by atoms with Gasteiger partial charge in [0.25, 0.3) is 0 Å². The first-order valence-corrected chi connectivity index (χ1v) is 6.16. The molecule has 1 aromatic rings. The molecule has 2 heteroatoms. The van der Waals surface area contributed by atoms with Crippen LogP contribution in [0.1, 0.15) is 42.7 Å². The molecule has 0 aliphatic heterocycles. The molecule has 0 bridgehead atoms. The first-order valence-electron chi connectivity index (χ1n) is 5.72. The van der Waals surface area contributed by atoms with Crippen LogP contribution >= 0.6 is 11.6 Å². The van der Waals surface area contributed by atoms with E-state index in [1.165, 1.54) is 24.0 Å². The van der Waals surface area contributed by atoms with Gasteiger partial charge in [-0.15, -0.1) is 11.6 Å². The van der Waals surface area contributed by atoms with Gasteiger partial charge in [0.2, 0.25) is 0 Å². The first kappa shape index (κ1) is 11.0. The third-order valence-corrected chi connectivity index (χ3v) is 3.78. The number of hydrogen-bond acceptors (Lipinski definition) is 1. The Labute approximate surface area is 96.6 Å². The average molecular weight is 224 g/mol. The minimum atomic E-state index is 0.407. The molecule has 0 radical (unpaired) electrons. The molecular formula is C13H18ClN. The number of alkyl halides is 1. The summed E-state index contributed by atoms with van der Waals surface area (Å²) in [6.07, 6.45) is 4.78. The number of hydrogen-bond donors (Lipinski definition) is 1. The Kier molecular flexibility index (Phi) is 3.66.